The second-order valence-electron chi connectivity index (χ2n) is 9.55. The minimum atomic E-state index is -0.534. The minimum Gasteiger partial charge on any atom is -0.443 e. The van der Waals surface area contributed by atoms with Gasteiger partial charge < -0.3 is 4.74 Å². The summed E-state index contributed by atoms with van der Waals surface area (Å²) in [5.74, 6) is 0.962. The molecule has 3 rings (SSSR count). The highest BCUT2D eigenvalue weighted by Crippen LogP contribution is 2.33. The van der Waals surface area contributed by atoms with E-state index in [4.69, 9.17) is 4.74 Å². The maximum atomic E-state index is 12.7. The molecule has 162 valence electrons. The van der Waals surface area contributed by atoms with Gasteiger partial charge in [0.05, 0.1) is 0 Å². The molecule has 0 saturated carbocycles. The fourth-order valence-corrected chi connectivity index (χ4v) is 3.91. The van der Waals surface area contributed by atoms with Gasteiger partial charge in [0.1, 0.15) is 11.4 Å². The summed E-state index contributed by atoms with van der Waals surface area (Å²) < 4.78 is 5.61. The van der Waals surface area contributed by atoms with Crippen LogP contribution in [0.5, 0.6) is 0 Å². The number of ether oxygens (including phenoxy) is 1. The first-order valence-corrected chi connectivity index (χ1v) is 11.0. The number of nitrogens with zero attached hydrogens (tertiary/aromatic N) is 3. The Kier molecular flexibility index (Phi) is 7.14. The van der Waals surface area contributed by atoms with Crippen LogP contribution in [0, 0.1) is 5.92 Å². The molecule has 2 heterocycles. The highest BCUT2D eigenvalue weighted by atomic mass is 16.6. The van der Waals surface area contributed by atoms with Gasteiger partial charge >= 0.3 is 6.09 Å². The van der Waals surface area contributed by atoms with Crippen molar-refractivity contribution >= 4 is 11.9 Å². The summed E-state index contributed by atoms with van der Waals surface area (Å²) in [4.78, 5) is 21.6. The van der Waals surface area contributed by atoms with Gasteiger partial charge in [-0.05, 0) is 63.3 Å². The predicted octanol–water partition coefficient (Wildman–Crippen LogP) is 5.82. The van der Waals surface area contributed by atoms with Crippen LogP contribution < -0.4 is 4.90 Å². The van der Waals surface area contributed by atoms with E-state index in [1.165, 1.54) is 17.5 Å². The Morgan fingerprint density at radius 2 is 1.93 bits per heavy atom. The molecular weight excluding hydrogens is 374 g/mol. The number of anilines is 1. The number of amides is 1. The number of benzene rings is 1. The van der Waals surface area contributed by atoms with Gasteiger partial charge in [-0.15, -0.1) is 0 Å². The topological polar surface area (TPSA) is 45.7 Å². The van der Waals surface area contributed by atoms with Gasteiger partial charge in [0.2, 0.25) is 0 Å². The Morgan fingerprint density at radius 1 is 1.20 bits per heavy atom. The first-order chi connectivity index (χ1) is 14.2. The molecule has 0 aliphatic carbocycles. The SMILES string of the molecule is CC(C)CN(C(=O)OC(C)(C)C)c1ccc([C@@H]2CCCN2Cc2ccccc2)cn1. The summed E-state index contributed by atoms with van der Waals surface area (Å²) in [6.45, 7) is 12.5. The number of rotatable bonds is 6. The van der Waals surface area contributed by atoms with E-state index in [0.29, 0.717) is 24.3 Å². The average Bonchev–Trinajstić information content (AvgIpc) is 3.13. The number of aromatic nitrogens is 1. The number of carbonyl (C=O) groups excluding carboxylic acids is 1. The molecule has 1 aromatic heterocycles. The number of likely N-dealkylation sites (tertiary alicyclic amines) is 1. The molecule has 0 unspecified atom stereocenters. The van der Waals surface area contributed by atoms with E-state index in [1.54, 1.807) is 4.90 Å². The van der Waals surface area contributed by atoms with Gasteiger partial charge in [0, 0.05) is 25.3 Å². The van der Waals surface area contributed by atoms with Crippen LogP contribution in [0.15, 0.2) is 48.7 Å². The molecule has 1 fully saturated rings. The zero-order valence-corrected chi connectivity index (χ0v) is 19.0. The molecular formula is C25H35N3O2. The number of hydrogen-bond acceptors (Lipinski definition) is 4. The third-order valence-electron chi connectivity index (χ3n) is 5.19. The Labute approximate surface area is 181 Å². The van der Waals surface area contributed by atoms with Crippen molar-refractivity contribution in [1.82, 2.24) is 9.88 Å². The van der Waals surface area contributed by atoms with Crippen molar-refractivity contribution < 1.29 is 9.53 Å². The molecule has 1 aromatic carbocycles. The Morgan fingerprint density at radius 3 is 2.53 bits per heavy atom. The van der Waals surface area contributed by atoms with E-state index < -0.39 is 5.60 Å². The Balaban J connectivity index is 1.75. The van der Waals surface area contributed by atoms with Gasteiger partial charge in [-0.3, -0.25) is 9.80 Å². The fourth-order valence-electron chi connectivity index (χ4n) is 3.91. The van der Waals surface area contributed by atoms with E-state index in [1.807, 2.05) is 33.0 Å². The zero-order chi connectivity index (χ0) is 21.7. The van der Waals surface area contributed by atoms with E-state index >= 15 is 0 Å². The normalized spacial score (nSPS) is 17.3. The molecule has 1 saturated heterocycles. The van der Waals surface area contributed by atoms with Crippen LogP contribution in [0.3, 0.4) is 0 Å². The number of pyridine rings is 1. The maximum absolute atomic E-state index is 12.7. The molecule has 1 amide bonds. The van der Waals surface area contributed by atoms with Gasteiger partial charge in [0.15, 0.2) is 0 Å². The van der Waals surface area contributed by atoms with Crippen LogP contribution in [-0.4, -0.2) is 34.7 Å². The lowest BCUT2D eigenvalue weighted by Crippen LogP contribution is -2.39. The number of hydrogen-bond donors (Lipinski definition) is 0. The number of carbonyl (C=O) groups is 1. The summed E-state index contributed by atoms with van der Waals surface area (Å²) >= 11 is 0. The van der Waals surface area contributed by atoms with E-state index in [0.717, 1.165) is 19.5 Å². The molecule has 2 aromatic rings. The molecule has 0 bridgehead atoms. The standard InChI is InChI=1S/C25H35N3O2/c1-19(2)17-28(24(29)30-25(3,4)5)23-14-13-21(16-26-23)22-12-9-15-27(22)18-20-10-7-6-8-11-20/h6-8,10-11,13-14,16,19,22H,9,12,15,17-18H2,1-5H3/t22-/m0/s1. The van der Waals surface area contributed by atoms with E-state index in [-0.39, 0.29) is 6.09 Å². The molecule has 5 heteroatoms. The van der Waals surface area contributed by atoms with Gasteiger partial charge in [-0.1, -0.05) is 50.2 Å². The molecule has 1 aliphatic heterocycles. The first-order valence-electron chi connectivity index (χ1n) is 11.0. The van der Waals surface area contributed by atoms with Crippen molar-refractivity contribution in [3.8, 4) is 0 Å². The van der Waals surface area contributed by atoms with Crippen molar-refractivity contribution in [2.75, 3.05) is 18.0 Å². The second kappa shape index (κ2) is 9.61. The molecule has 1 aliphatic rings. The molecule has 0 spiro atoms. The summed E-state index contributed by atoms with van der Waals surface area (Å²) in [6.07, 6.45) is 3.91. The highest BCUT2D eigenvalue weighted by Gasteiger charge is 2.28. The van der Waals surface area contributed by atoms with Gasteiger partial charge in [-0.2, -0.15) is 0 Å². The monoisotopic (exact) mass is 409 g/mol. The maximum Gasteiger partial charge on any atom is 0.416 e. The Bertz CT molecular complexity index is 813. The van der Waals surface area contributed by atoms with Crippen molar-refractivity contribution in [1.29, 1.82) is 0 Å². The fraction of sp³-hybridized carbons (Fsp3) is 0.520. The van der Waals surface area contributed by atoms with Crippen LogP contribution in [0.1, 0.15) is 64.6 Å². The summed E-state index contributed by atoms with van der Waals surface area (Å²) in [5, 5.41) is 0. The smallest absolute Gasteiger partial charge is 0.416 e. The third kappa shape index (κ3) is 6.05. The van der Waals surface area contributed by atoms with E-state index in [9.17, 15) is 4.79 Å². The van der Waals surface area contributed by atoms with E-state index in [2.05, 4.69) is 60.1 Å². The minimum absolute atomic E-state index is 0.315. The van der Waals surface area contributed by atoms with Crippen molar-refractivity contribution in [3.63, 3.8) is 0 Å². The van der Waals surface area contributed by atoms with Crippen LogP contribution in [-0.2, 0) is 11.3 Å². The largest absolute Gasteiger partial charge is 0.443 e. The van der Waals surface area contributed by atoms with Crippen LogP contribution in [0.25, 0.3) is 0 Å². The van der Waals surface area contributed by atoms with Gasteiger partial charge in [-0.25, -0.2) is 9.78 Å². The van der Waals surface area contributed by atoms with Gasteiger partial charge in [0.25, 0.3) is 0 Å². The molecule has 1 atom stereocenters. The quantitative estimate of drug-likeness (QED) is 0.603. The summed E-state index contributed by atoms with van der Waals surface area (Å²) in [7, 11) is 0. The summed E-state index contributed by atoms with van der Waals surface area (Å²) in [5.41, 5.74) is 2.01. The van der Waals surface area contributed by atoms with Crippen molar-refractivity contribution in [3.05, 3.63) is 59.8 Å². The van der Waals surface area contributed by atoms with Crippen LogP contribution >= 0.6 is 0 Å². The molecule has 0 N–H and O–H groups in total. The van der Waals surface area contributed by atoms with Crippen LogP contribution in [0.2, 0.25) is 0 Å². The Hall–Kier alpha value is -2.40. The average molecular weight is 410 g/mol. The molecule has 30 heavy (non-hydrogen) atoms. The molecule has 0 radical (unpaired) electrons. The predicted molar refractivity (Wildman–Crippen MR) is 121 cm³/mol. The van der Waals surface area contributed by atoms with Crippen molar-refractivity contribution in [2.24, 2.45) is 5.92 Å². The van der Waals surface area contributed by atoms with Crippen LogP contribution in [0.4, 0.5) is 10.6 Å². The first kappa shape index (κ1) is 22.3. The second-order valence-corrected chi connectivity index (χ2v) is 9.55. The lowest BCUT2D eigenvalue weighted by atomic mass is 10.1. The van der Waals surface area contributed by atoms with Crippen molar-refractivity contribution in [2.45, 2.75) is 65.6 Å². The lowest BCUT2D eigenvalue weighted by Gasteiger charge is -2.28. The lowest BCUT2D eigenvalue weighted by molar-refractivity contribution is 0.0575. The zero-order valence-electron chi connectivity index (χ0n) is 19.0. The third-order valence-corrected chi connectivity index (χ3v) is 5.19. The highest BCUT2D eigenvalue weighted by molar-refractivity contribution is 5.86. The summed E-state index contributed by atoms with van der Waals surface area (Å²) in [6, 6.07) is 15.1. The molecule has 5 nitrogen and oxygen atoms in total.